The molecule has 4 amide bonds. The van der Waals surface area contributed by atoms with Crippen molar-refractivity contribution >= 4 is 40.9 Å². The highest BCUT2D eigenvalue weighted by atomic mass is 35.5. The molecule has 2 saturated heterocycles. The summed E-state index contributed by atoms with van der Waals surface area (Å²) in [5.74, 6) is -4.38. The number of allylic oxidation sites excluding steroid dienone is 2. The summed E-state index contributed by atoms with van der Waals surface area (Å²) in [5.41, 5.74) is 0.489. The van der Waals surface area contributed by atoms with E-state index in [2.05, 4.69) is 0 Å². The van der Waals surface area contributed by atoms with Crippen LogP contribution >= 0.6 is 11.6 Å². The molecule has 0 aromatic heterocycles. The number of halogens is 1. The van der Waals surface area contributed by atoms with Gasteiger partial charge in [0.1, 0.15) is 17.2 Å². The van der Waals surface area contributed by atoms with Gasteiger partial charge in [0.15, 0.2) is 0 Å². The van der Waals surface area contributed by atoms with Crippen LogP contribution in [0.4, 0.5) is 5.69 Å². The van der Waals surface area contributed by atoms with Crippen molar-refractivity contribution in [3.63, 3.8) is 0 Å². The Hall–Kier alpha value is -4.63. The molecule has 10 heteroatoms. The van der Waals surface area contributed by atoms with Gasteiger partial charge in [-0.05, 0) is 55.4 Å². The highest BCUT2D eigenvalue weighted by Gasteiger charge is 2.71. The van der Waals surface area contributed by atoms with Gasteiger partial charge >= 0.3 is 0 Å². The van der Waals surface area contributed by atoms with Crippen LogP contribution in [0.2, 0.25) is 5.02 Å². The van der Waals surface area contributed by atoms with Crippen LogP contribution in [0.3, 0.4) is 0 Å². The van der Waals surface area contributed by atoms with Crippen LogP contribution in [0.5, 0.6) is 17.2 Å². The summed E-state index contributed by atoms with van der Waals surface area (Å²) in [7, 11) is 2.97. The number of ether oxygens (including phenoxy) is 2. The number of hydrogen-bond donors (Lipinski definition) is 1. The summed E-state index contributed by atoms with van der Waals surface area (Å²) in [6.07, 6.45) is 7.11. The van der Waals surface area contributed by atoms with Crippen LogP contribution in [0, 0.1) is 23.7 Å². The molecule has 50 heavy (non-hydrogen) atoms. The molecule has 2 heterocycles. The molecule has 3 aliphatic carbocycles. The summed E-state index contributed by atoms with van der Waals surface area (Å²) in [6.45, 7) is 0. The first kappa shape index (κ1) is 32.6. The highest BCUT2D eigenvalue weighted by molar-refractivity contribution is 6.32. The molecule has 0 radical (unpaired) electrons. The number of imide groups is 2. The van der Waals surface area contributed by atoms with E-state index in [1.807, 2.05) is 36.4 Å². The highest BCUT2D eigenvalue weighted by Crippen LogP contribution is 2.66. The van der Waals surface area contributed by atoms with Gasteiger partial charge in [-0.25, -0.2) is 4.90 Å². The minimum absolute atomic E-state index is 0.126. The molecule has 0 unspecified atom stereocenters. The van der Waals surface area contributed by atoms with Crippen LogP contribution in [0.1, 0.15) is 62.0 Å². The van der Waals surface area contributed by atoms with Gasteiger partial charge in [-0.15, -0.1) is 0 Å². The monoisotopic (exact) mass is 694 g/mol. The van der Waals surface area contributed by atoms with E-state index < -0.39 is 46.8 Å². The maximum Gasteiger partial charge on any atom is 0.246 e. The number of likely N-dealkylation sites (tertiary alicyclic amines) is 1. The average Bonchev–Trinajstić information content (AvgIpc) is 3.52. The smallest absolute Gasteiger partial charge is 0.246 e. The molecule has 3 aromatic carbocycles. The Labute approximate surface area is 295 Å². The number of methoxy groups -OCH3 is 2. The number of anilines is 1. The number of aromatic hydroxyl groups is 1. The zero-order valence-electron chi connectivity index (χ0n) is 28.0. The standard InChI is InChI=1S/C40H39ClN2O7/c1-49-26-19-31(44)34(32(20-26)50-2)35-27-16-17-28-33(38(47)42(36(28)45)24-13-7-4-8-14-24)29(27)21-30-37(46)43(25-15-9-12-23(41)18-25)39(48)40(30,35)22-10-5-3-6-11-22/h3,5-6,9-12,15-16,18-20,24,28-30,33,35,44H,4,7-8,13-14,17,21H2,1-2H3/t28-,29+,30-,33-,35+,40+/m0/s1. The average molecular weight is 695 g/mol. The molecule has 4 fully saturated rings. The van der Waals surface area contributed by atoms with Crippen LogP contribution < -0.4 is 14.4 Å². The van der Waals surface area contributed by atoms with Crippen LogP contribution in [0.25, 0.3) is 0 Å². The number of phenols is 1. The fourth-order valence-electron chi connectivity index (χ4n) is 9.95. The fraction of sp³-hybridized carbons (Fsp3) is 0.400. The summed E-state index contributed by atoms with van der Waals surface area (Å²) in [6, 6.07) is 18.9. The molecule has 6 atom stereocenters. The number of phenolic OH excluding ortho intramolecular Hbond substituents is 1. The molecule has 0 spiro atoms. The second kappa shape index (κ2) is 12.3. The van der Waals surface area contributed by atoms with E-state index in [9.17, 15) is 19.5 Å². The largest absolute Gasteiger partial charge is 0.507 e. The van der Waals surface area contributed by atoms with Crippen molar-refractivity contribution in [2.75, 3.05) is 19.1 Å². The Bertz CT molecular complexity index is 1940. The van der Waals surface area contributed by atoms with E-state index in [-0.39, 0.29) is 35.8 Å². The SMILES string of the molecule is COc1cc(O)c([C@H]2C3=CC[C@@H]4C(=O)N(C5CCCCC5)C(=O)[C@@H]4[C@@H]3C[C@H]3C(=O)N(c4cccc(Cl)c4)C(=O)[C@@]23c2ccccc2)c(OC)c1. The van der Waals surface area contributed by atoms with Crippen LogP contribution in [-0.4, -0.2) is 53.9 Å². The summed E-state index contributed by atoms with van der Waals surface area (Å²) in [5, 5.41) is 12.2. The lowest BCUT2D eigenvalue weighted by Gasteiger charge is -2.51. The van der Waals surface area contributed by atoms with E-state index in [1.165, 1.54) is 30.1 Å². The molecule has 5 aliphatic rings. The third kappa shape index (κ3) is 4.58. The molecule has 2 saturated carbocycles. The lowest BCUT2D eigenvalue weighted by Crippen LogP contribution is -2.53. The minimum atomic E-state index is -1.54. The first-order chi connectivity index (χ1) is 24.2. The van der Waals surface area contributed by atoms with E-state index in [1.54, 1.807) is 30.3 Å². The predicted octanol–water partition coefficient (Wildman–Crippen LogP) is 6.56. The van der Waals surface area contributed by atoms with Crippen molar-refractivity contribution in [3.05, 3.63) is 94.5 Å². The first-order valence-corrected chi connectivity index (χ1v) is 17.8. The second-order valence-electron chi connectivity index (χ2n) is 14.2. The van der Waals surface area contributed by atoms with Crippen molar-refractivity contribution in [1.29, 1.82) is 0 Å². The molecular weight excluding hydrogens is 656 g/mol. The van der Waals surface area contributed by atoms with Gasteiger partial charge in [0, 0.05) is 34.7 Å². The van der Waals surface area contributed by atoms with Gasteiger partial charge in [-0.1, -0.05) is 78.9 Å². The second-order valence-corrected chi connectivity index (χ2v) is 14.6. The van der Waals surface area contributed by atoms with E-state index >= 15 is 4.79 Å². The third-order valence-electron chi connectivity index (χ3n) is 12.0. The van der Waals surface area contributed by atoms with Crippen LogP contribution in [0.15, 0.2) is 78.4 Å². The number of nitrogens with zero attached hydrogens (tertiary/aromatic N) is 2. The maximum absolute atomic E-state index is 15.4. The maximum atomic E-state index is 15.4. The van der Waals surface area contributed by atoms with Gasteiger partial charge in [-0.3, -0.25) is 24.1 Å². The van der Waals surface area contributed by atoms with Gasteiger partial charge in [0.05, 0.1) is 43.1 Å². The molecule has 2 aliphatic heterocycles. The molecule has 3 aromatic rings. The van der Waals surface area contributed by atoms with Gasteiger partial charge in [0.2, 0.25) is 23.6 Å². The number of carbonyl (C=O) groups is 4. The van der Waals surface area contributed by atoms with Gasteiger partial charge in [-0.2, -0.15) is 0 Å². The number of carbonyl (C=O) groups excluding carboxylic acids is 4. The topological polar surface area (TPSA) is 113 Å². The Morgan fingerprint density at radius 1 is 0.840 bits per heavy atom. The Morgan fingerprint density at radius 3 is 2.30 bits per heavy atom. The molecule has 258 valence electrons. The Balaban J connectivity index is 1.38. The van der Waals surface area contributed by atoms with Gasteiger partial charge < -0.3 is 14.6 Å². The van der Waals surface area contributed by atoms with Crippen molar-refractivity contribution in [3.8, 4) is 17.2 Å². The lowest BCUT2D eigenvalue weighted by molar-refractivity contribution is -0.143. The Morgan fingerprint density at radius 2 is 1.60 bits per heavy atom. The quantitative estimate of drug-likeness (QED) is 0.230. The number of benzene rings is 3. The zero-order valence-corrected chi connectivity index (χ0v) is 28.8. The Kier molecular flexibility index (Phi) is 8.01. The number of amides is 4. The van der Waals surface area contributed by atoms with E-state index in [0.717, 1.165) is 37.7 Å². The minimum Gasteiger partial charge on any atom is -0.507 e. The van der Waals surface area contributed by atoms with E-state index in [0.29, 0.717) is 34.0 Å². The summed E-state index contributed by atoms with van der Waals surface area (Å²) in [4.78, 5) is 61.7. The van der Waals surface area contributed by atoms with Gasteiger partial charge in [0.25, 0.3) is 0 Å². The first-order valence-electron chi connectivity index (χ1n) is 17.4. The van der Waals surface area contributed by atoms with Crippen molar-refractivity contribution in [2.24, 2.45) is 23.7 Å². The van der Waals surface area contributed by atoms with Crippen molar-refractivity contribution < 1.29 is 33.8 Å². The molecule has 0 bridgehead atoms. The molecule has 1 N–H and O–H groups in total. The molecule has 8 rings (SSSR count). The number of hydrogen-bond acceptors (Lipinski definition) is 7. The third-order valence-corrected chi connectivity index (χ3v) is 12.2. The van der Waals surface area contributed by atoms with Crippen LogP contribution in [-0.2, 0) is 24.6 Å². The van der Waals surface area contributed by atoms with Crippen molar-refractivity contribution in [1.82, 2.24) is 4.90 Å². The lowest BCUT2D eigenvalue weighted by atomic mass is 9.49. The normalized spacial score (nSPS) is 29.4. The summed E-state index contributed by atoms with van der Waals surface area (Å²) >= 11 is 6.41. The fourth-order valence-corrected chi connectivity index (χ4v) is 10.1. The molecular formula is C40H39ClN2O7. The number of fused-ring (bicyclic) bond motifs is 4. The summed E-state index contributed by atoms with van der Waals surface area (Å²) < 4.78 is 11.4. The van der Waals surface area contributed by atoms with E-state index in [4.69, 9.17) is 21.1 Å². The van der Waals surface area contributed by atoms with Crippen molar-refractivity contribution in [2.45, 2.75) is 62.3 Å². The molecule has 9 nitrogen and oxygen atoms in total. The number of rotatable bonds is 6. The zero-order chi connectivity index (χ0) is 34.9. The predicted molar refractivity (Wildman–Crippen MR) is 186 cm³/mol.